The fraction of sp³-hybridized carbons (Fsp3) is 0.333. The quantitative estimate of drug-likeness (QED) is 0.900. The van der Waals surface area contributed by atoms with Crippen LogP contribution in [0.3, 0.4) is 0 Å². The molecule has 3 heteroatoms. The van der Waals surface area contributed by atoms with E-state index >= 15 is 0 Å². The van der Waals surface area contributed by atoms with Crippen molar-refractivity contribution < 1.29 is 9.50 Å². The van der Waals surface area contributed by atoms with Gasteiger partial charge in [-0.1, -0.05) is 30.3 Å². The van der Waals surface area contributed by atoms with Crippen LogP contribution in [0.25, 0.3) is 0 Å². The molecule has 1 aliphatic rings. The molecule has 0 saturated heterocycles. The molecule has 110 valence electrons. The number of rotatable bonds is 2. The monoisotopic (exact) mass is 285 g/mol. The molecule has 0 fully saturated rings. The average Bonchev–Trinajstić information content (AvgIpc) is 2.68. The Morgan fingerprint density at radius 2 is 1.90 bits per heavy atom. The van der Waals surface area contributed by atoms with E-state index in [-0.39, 0.29) is 17.6 Å². The molecule has 0 saturated carbocycles. The van der Waals surface area contributed by atoms with E-state index in [1.807, 2.05) is 6.92 Å². The standard InChI is InChI=1S/C18H20FNO/c1-13(17-9-8-16(21)11-18(17)19)20-10-4-7-14-5-2-3-6-15(14)12-20/h2-3,5-6,8-9,11,13,21H,4,7,10,12H2,1H3. The second-order valence-electron chi connectivity index (χ2n) is 5.72. The van der Waals surface area contributed by atoms with Crippen LogP contribution in [0, 0.1) is 5.82 Å². The summed E-state index contributed by atoms with van der Waals surface area (Å²) in [4.78, 5) is 2.31. The van der Waals surface area contributed by atoms with Crippen molar-refractivity contribution >= 4 is 0 Å². The maximum Gasteiger partial charge on any atom is 0.131 e. The molecule has 0 radical (unpaired) electrons. The molecule has 2 nitrogen and oxygen atoms in total. The number of nitrogens with zero attached hydrogens (tertiary/aromatic N) is 1. The normalized spacial score (nSPS) is 17.0. The van der Waals surface area contributed by atoms with Gasteiger partial charge in [-0.25, -0.2) is 4.39 Å². The van der Waals surface area contributed by atoms with Crippen molar-refractivity contribution in [3.05, 3.63) is 65.0 Å². The Labute approximate surface area is 124 Å². The van der Waals surface area contributed by atoms with Crippen molar-refractivity contribution in [2.45, 2.75) is 32.4 Å². The van der Waals surface area contributed by atoms with Crippen LogP contribution in [0.5, 0.6) is 5.75 Å². The number of phenols is 1. The third-order valence-electron chi connectivity index (χ3n) is 4.37. The number of aryl methyl sites for hydroxylation is 1. The molecule has 21 heavy (non-hydrogen) atoms. The predicted molar refractivity (Wildman–Crippen MR) is 81.7 cm³/mol. The van der Waals surface area contributed by atoms with Gasteiger partial charge in [-0.3, -0.25) is 4.90 Å². The highest BCUT2D eigenvalue weighted by Crippen LogP contribution is 2.29. The SMILES string of the molecule is CC(c1ccc(O)cc1F)N1CCCc2ccccc2C1. The largest absolute Gasteiger partial charge is 0.508 e. The molecular formula is C18H20FNO. The summed E-state index contributed by atoms with van der Waals surface area (Å²) in [7, 11) is 0. The van der Waals surface area contributed by atoms with E-state index in [1.165, 1.54) is 17.2 Å². The molecule has 0 spiro atoms. The molecule has 1 atom stereocenters. The summed E-state index contributed by atoms with van der Waals surface area (Å²) >= 11 is 0. The highest BCUT2D eigenvalue weighted by molar-refractivity contribution is 5.31. The van der Waals surface area contributed by atoms with Crippen LogP contribution in [0.4, 0.5) is 4.39 Å². The summed E-state index contributed by atoms with van der Waals surface area (Å²) in [5.74, 6) is -0.357. The highest BCUT2D eigenvalue weighted by atomic mass is 19.1. The van der Waals surface area contributed by atoms with Crippen LogP contribution >= 0.6 is 0 Å². The van der Waals surface area contributed by atoms with E-state index in [4.69, 9.17) is 0 Å². The van der Waals surface area contributed by atoms with Gasteiger partial charge in [0.2, 0.25) is 0 Å². The van der Waals surface area contributed by atoms with Crippen molar-refractivity contribution in [3.8, 4) is 5.75 Å². The number of halogens is 1. The Hall–Kier alpha value is -1.87. The Kier molecular flexibility index (Phi) is 3.93. The van der Waals surface area contributed by atoms with Crippen molar-refractivity contribution in [1.82, 2.24) is 4.90 Å². The van der Waals surface area contributed by atoms with Crippen LogP contribution in [0.1, 0.15) is 36.1 Å². The van der Waals surface area contributed by atoms with Gasteiger partial charge >= 0.3 is 0 Å². The van der Waals surface area contributed by atoms with Crippen LogP contribution in [0.2, 0.25) is 0 Å². The van der Waals surface area contributed by atoms with E-state index in [1.54, 1.807) is 12.1 Å². The maximum atomic E-state index is 14.1. The minimum Gasteiger partial charge on any atom is -0.508 e. The lowest BCUT2D eigenvalue weighted by molar-refractivity contribution is 0.201. The summed E-state index contributed by atoms with van der Waals surface area (Å²) in [6.07, 6.45) is 2.17. The second kappa shape index (κ2) is 5.86. The highest BCUT2D eigenvalue weighted by Gasteiger charge is 2.22. The summed E-state index contributed by atoms with van der Waals surface area (Å²) in [6.45, 7) is 3.83. The first kappa shape index (κ1) is 14.1. The first-order valence-corrected chi connectivity index (χ1v) is 7.44. The summed E-state index contributed by atoms with van der Waals surface area (Å²) in [6, 6.07) is 12.9. The van der Waals surface area contributed by atoms with Gasteiger partial charge in [0.05, 0.1) is 0 Å². The van der Waals surface area contributed by atoms with E-state index in [9.17, 15) is 9.50 Å². The molecule has 0 bridgehead atoms. The second-order valence-corrected chi connectivity index (χ2v) is 5.72. The Morgan fingerprint density at radius 1 is 1.14 bits per heavy atom. The predicted octanol–water partition coefficient (Wildman–Crippen LogP) is 4.04. The molecule has 2 aromatic carbocycles. The molecule has 1 unspecified atom stereocenters. The lowest BCUT2D eigenvalue weighted by Gasteiger charge is -2.28. The van der Waals surface area contributed by atoms with Crippen molar-refractivity contribution in [3.63, 3.8) is 0 Å². The van der Waals surface area contributed by atoms with Crippen molar-refractivity contribution in [2.24, 2.45) is 0 Å². The lowest BCUT2D eigenvalue weighted by Crippen LogP contribution is -2.27. The maximum absolute atomic E-state index is 14.1. The molecular weight excluding hydrogens is 265 g/mol. The minimum absolute atomic E-state index is 0.00300. The molecule has 1 aliphatic heterocycles. The Morgan fingerprint density at radius 3 is 2.67 bits per heavy atom. The molecule has 2 aromatic rings. The fourth-order valence-electron chi connectivity index (χ4n) is 3.11. The van der Waals surface area contributed by atoms with E-state index in [2.05, 4.69) is 29.2 Å². The number of hydrogen-bond donors (Lipinski definition) is 1. The number of phenolic OH excluding ortho intramolecular Hbond substituents is 1. The van der Waals surface area contributed by atoms with Crippen LogP contribution in [-0.4, -0.2) is 16.6 Å². The van der Waals surface area contributed by atoms with Gasteiger partial charge in [-0.15, -0.1) is 0 Å². The Bertz CT molecular complexity index is 641. The van der Waals surface area contributed by atoms with Crippen LogP contribution in [-0.2, 0) is 13.0 Å². The molecule has 1 N–H and O–H groups in total. The number of fused-ring (bicyclic) bond motifs is 1. The van der Waals surface area contributed by atoms with Crippen molar-refractivity contribution in [2.75, 3.05) is 6.54 Å². The first-order valence-electron chi connectivity index (χ1n) is 7.44. The summed E-state index contributed by atoms with van der Waals surface area (Å²) in [5.41, 5.74) is 3.38. The average molecular weight is 285 g/mol. The summed E-state index contributed by atoms with van der Waals surface area (Å²) in [5, 5.41) is 9.35. The van der Waals surface area contributed by atoms with E-state index < -0.39 is 0 Å². The zero-order valence-electron chi connectivity index (χ0n) is 12.2. The van der Waals surface area contributed by atoms with Gasteiger partial charge in [0.15, 0.2) is 0 Å². The number of hydrogen-bond acceptors (Lipinski definition) is 2. The van der Waals surface area contributed by atoms with Gasteiger partial charge in [-0.05, 0) is 43.5 Å². The van der Waals surface area contributed by atoms with Gasteiger partial charge < -0.3 is 5.11 Å². The van der Waals surface area contributed by atoms with Gasteiger partial charge in [0.25, 0.3) is 0 Å². The first-order chi connectivity index (χ1) is 10.1. The summed E-state index contributed by atoms with van der Waals surface area (Å²) < 4.78 is 14.1. The fourth-order valence-corrected chi connectivity index (χ4v) is 3.11. The lowest BCUT2D eigenvalue weighted by atomic mass is 10.0. The Balaban J connectivity index is 1.86. The molecule has 0 aromatic heterocycles. The van der Waals surface area contributed by atoms with Crippen molar-refractivity contribution in [1.29, 1.82) is 0 Å². The smallest absolute Gasteiger partial charge is 0.131 e. The number of aromatic hydroxyl groups is 1. The molecule has 0 amide bonds. The zero-order valence-corrected chi connectivity index (χ0v) is 12.2. The third-order valence-corrected chi connectivity index (χ3v) is 4.37. The van der Waals surface area contributed by atoms with Crippen LogP contribution < -0.4 is 0 Å². The topological polar surface area (TPSA) is 23.5 Å². The van der Waals surface area contributed by atoms with Crippen LogP contribution in [0.15, 0.2) is 42.5 Å². The van der Waals surface area contributed by atoms with Gasteiger partial charge in [0, 0.05) is 24.2 Å². The van der Waals surface area contributed by atoms with E-state index in [0.717, 1.165) is 25.9 Å². The number of benzene rings is 2. The van der Waals surface area contributed by atoms with Gasteiger partial charge in [-0.2, -0.15) is 0 Å². The van der Waals surface area contributed by atoms with Gasteiger partial charge in [0.1, 0.15) is 11.6 Å². The molecule has 1 heterocycles. The zero-order chi connectivity index (χ0) is 14.8. The van der Waals surface area contributed by atoms with E-state index in [0.29, 0.717) is 5.56 Å². The minimum atomic E-state index is -0.333. The third kappa shape index (κ3) is 2.93. The molecule has 0 aliphatic carbocycles. The molecule has 3 rings (SSSR count).